The summed E-state index contributed by atoms with van der Waals surface area (Å²) in [5.41, 5.74) is 3.35. The summed E-state index contributed by atoms with van der Waals surface area (Å²) in [5, 5.41) is 7.11. The highest BCUT2D eigenvalue weighted by molar-refractivity contribution is 5.29. The summed E-state index contributed by atoms with van der Waals surface area (Å²) in [6.45, 7) is 9.91. The molecule has 0 bridgehead atoms. The lowest BCUT2D eigenvalue weighted by molar-refractivity contribution is 0.395. The van der Waals surface area contributed by atoms with Crippen LogP contribution in [0.1, 0.15) is 38.3 Å². The summed E-state index contributed by atoms with van der Waals surface area (Å²) >= 11 is 0. The van der Waals surface area contributed by atoms with E-state index in [2.05, 4.69) is 55.7 Å². The monoisotopic (exact) mass is 260 g/mol. The fourth-order valence-electron chi connectivity index (χ4n) is 2.78. The fraction of sp³-hybridized carbons (Fsp3) is 0.647. The summed E-state index contributed by atoms with van der Waals surface area (Å²) in [4.78, 5) is 0. The predicted molar refractivity (Wildman–Crippen MR) is 82.6 cm³/mol. The summed E-state index contributed by atoms with van der Waals surface area (Å²) in [6, 6.07) is 8.91. The zero-order chi connectivity index (χ0) is 13.7. The van der Waals surface area contributed by atoms with Crippen molar-refractivity contribution in [1.29, 1.82) is 0 Å². The molecule has 0 saturated heterocycles. The van der Waals surface area contributed by atoms with Crippen LogP contribution < -0.4 is 10.6 Å². The van der Waals surface area contributed by atoms with E-state index in [0.29, 0.717) is 0 Å². The van der Waals surface area contributed by atoms with E-state index in [1.54, 1.807) is 11.1 Å². The predicted octanol–water partition coefficient (Wildman–Crippen LogP) is 2.77. The van der Waals surface area contributed by atoms with Crippen molar-refractivity contribution in [3.8, 4) is 0 Å². The van der Waals surface area contributed by atoms with Crippen molar-refractivity contribution in [2.75, 3.05) is 19.6 Å². The number of rotatable bonds is 5. The van der Waals surface area contributed by atoms with Crippen molar-refractivity contribution < 1.29 is 0 Å². The van der Waals surface area contributed by atoms with E-state index in [1.807, 2.05) is 0 Å². The molecular weight excluding hydrogens is 232 g/mol. The largest absolute Gasteiger partial charge is 0.315 e. The maximum Gasteiger partial charge on any atom is 0.00970 e. The van der Waals surface area contributed by atoms with Crippen molar-refractivity contribution >= 4 is 0 Å². The number of fused-ring (bicyclic) bond motifs is 1. The number of aryl methyl sites for hydroxylation is 1. The first-order valence-corrected chi connectivity index (χ1v) is 7.57. The number of hydrogen-bond donors (Lipinski definition) is 2. The first-order valence-electron chi connectivity index (χ1n) is 7.57. The van der Waals surface area contributed by atoms with Crippen LogP contribution in [0.5, 0.6) is 0 Å². The molecule has 0 heterocycles. The molecule has 2 rings (SSSR count). The molecule has 19 heavy (non-hydrogen) atoms. The van der Waals surface area contributed by atoms with Gasteiger partial charge in [0.25, 0.3) is 0 Å². The topological polar surface area (TPSA) is 24.1 Å². The summed E-state index contributed by atoms with van der Waals surface area (Å²) < 4.78 is 0. The molecule has 0 saturated carbocycles. The molecule has 0 fully saturated rings. The molecular formula is C17H28N2. The van der Waals surface area contributed by atoms with Gasteiger partial charge in [-0.1, -0.05) is 24.3 Å². The van der Waals surface area contributed by atoms with E-state index >= 15 is 0 Å². The molecule has 1 aliphatic carbocycles. The Bertz CT molecular complexity index is 392. The Kier molecular flexibility index (Phi) is 5.00. The quantitative estimate of drug-likeness (QED) is 0.796. The van der Waals surface area contributed by atoms with Crippen LogP contribution in [0.15, 0.2) is 24.3 Å². The van der Waals surface area contributed by atoms with Crippen LogP contribution in [0.2, 0.25) is 0 Å². The highest BCUT2D eigenvalue weighted by Gasteiger charge is 2.17. The van der Waals surface area contributed by atoms with E-state index < -0.39 is 0 Å². The minimum absolute atomic E-state index is 0.228. The van der Waals surface area contributed by atoms with Crippen LogP contribution in [0, 0.1) is 5.92 Å². The van der Waals surface area contributed by atoms with Gasteiger partial charge in [0.2, 0.25) is 0 Å². The summed E-state index contributed by atoms with van der Waals surface area (Å²) in [7, 11) is 0. The average molecular weight is 260 g/mol. The molecule has 0 amide bonds. The van der Waals surface area contributed by atoms with Gasteiger partial charge in [0.15, 0.2) is 0 Å². The molecule has 1 aliphatic rings. The molecule has 0 aliphatic heterocycles. The van der Waals surface area contributed by atoms with E-state index in [4.69, 9.17) is 0 Å². The van der Waals surface area contributed by atoms with Gasteiger partial charge in [0, 0.05) is 18.6 Å². The Morgan fingerprint density at radius 3 is 2.58 bits per heavy atom. The number of nitrogens with one attached hydrogen (secondary N) is 2. The Morgan fingerprint density at radius 1 is 1.11 bits per heavy atom. The first-order chi connectivity index (χ1) is 9.04. The van der Waals surface area contributed by atoms with E-state index in [1.165, 1.54) is 19.3 Å². The molecule has 1 atom stereocenters. The van der Waals surface area contributed by atoms with Crippen molar-refractivity contribution in [1.82, 2.24) is 10.6 Å². The third kappa shape index (κ3) is 4.96. The van der Waals surface area contributed by atoms with Crippen LogP contribution in [0.4, 0.5) is 0 Å². The zero-order valence-electron chi connectivity index (χ0n) is 12.6. The van der Waals surface area contributed by atoms with E-state index in [9.17, 15) is 0 Å². The first kappa shape index (κ1) is 14.5. The average Bonchev–Trinajstić information content (AvgIpc) is 2.37. The zero-order valence-corrected chi connectivity index (χ0v) is 12.6. The second kappa shape index (κ2) is 6.53. The van der Waals surface area contributed by atoms with Gasteiger partial charge < -0.3 is 10.6 Å². The van der Waals surface area contributed by atoms with Gasteiger partial charge in [-0.3, -0.25) is 0 Å². The Balaban J connectivity index is 1.66. The highest BCUT2D eigenvalue weighted by Crippen LogP contribution is 2.24. The normalized spacial score (nSPS) is 19.2. The van der Waals surface area contributed by atoms with Gasteiger partial charge in [-0.05, 0) is 63.6 Å². The van der Waals surface area contributed by atoms with Gasteiger partial charge in [0.1, 0.15) is 0 Å². The third-order valence-electron chi connectivity index (χ3n) is 3.84. The van der Waals surface area contributed by atoms with Crippen molar-refractivity contribution in [2.45, 2.75) is 45.6 Å². The molecule has 0 spiro atoms. The lowest BCUT2D eigenvalue weighted by Crippen LogP contribution is -2.41. The molecule has 0 radical (unpaired) electrons. The Hall–Kier alpha value is -0.860. The lowest BCUT2D eigenvalue weighted by Gasteiger charge is -2.25. The van der Waals surface area contributed by atoms with Crippen LogP contribution in [-0.4, -0.2) is 25.2 Å². The third-order valence-corrected chi connectivity index (χ3v) is 3.84. The van der Waals surface area contributed by atoms with Gasteiger partial charge in [-0.25, -0.2) is 0 Å². The Morgan fingerprint density at radius 2 is 1.84 bits per heavy atom. The smallest absolute Gasteiger partial charge is 0.00970 e. The molecule has 1 aromatic rings. The molecule has 2 heteroatoms. The summed E-state index contributed by atoms with van der Waals surface area (Å²) in [5.74, 6) is 0.810. The van der Waals surface area contributed by atoms with E-state index in [0.717, 1.165) is 25.6 Å². The minimum atomic E-state index is 0.228. The van der Waals surface area contributed by atoms with Crippen molar-refractivity contribution in [2.24, 2.45) is 5.92 Å². The molecule has 2 N–H and O–H groups in total. The van der Waals surface area contributed by atoms with Crippen LogP contribution in [0.3, 0.4) is 0 Å². The molecule has 106 valence electrons. The van der Waals surface area contributed by atoms with Crippen molar-refractivity contribution in [3.63, 3.8) is 0 Å². The summed E-state index contributed by atoms with van der Waals surface area (Å²) in [6.07, 6.45) is 3.83. The minimum Gasteiger partial charge on any atom is -0.315 e. The molecule has 2 nitrogen and oxygen atoms in total. The second-order valence-corrected chi connectivity index (χ2v) is 6.76. The van der Waals surface area contributed by atoms with Crippen LogP contribution in [0.25, 0.3) is 0 Å². The maximum atomic E-state index is 3.60. The fourth-order valence-corrected chi connectivity index (χ4v) is 2.78. The molecule has 1 aromatic carbocycles. The van der Waals surface area contributed by atoms with Crippen LogP contribution >= 0.6 is 0 Å². The van der Waals surface area contributed by atoms with Crippen LogP contribution in [-0.2, 0) is 12.8 Å². The Labute approximate surface area is 118 Å². The maximum absolute atomic E-state index is 3.60. The van der Waals surface area contributed by atoms with Gasteiger partial charge >= 0.3 is 0 Å². The van der Waals surface area contributed by atoms with E-state index in [-0.39, 0.29) is 5.54 Å². The number of hydrogen-bond acceptors (Lipinski definition) is 2. The van der Waals surface area contributed by atoms with Gasteiger partial charge in [-0.2, -0.15) is 0 Å². The lowest BCUT2D eigenvalue weighted by atomic mass is 9.84. The standard InChI is InChI=1S/C17H28N2/c1-17(2,3)19-11-10-18-13-14-8-9-15-6-4-5-7-16(15)12-14/h4-7,14,18-19H,8-13H2,1-3H3. The van der Waals surface area contributed by atoms with Crippen molar-refractivity contribution in [3.05, 3.63) is 35.4 Å². The SMILES string of the molecule is CC(C)(C)NCCNCC1CCc2ccccc2C1. The van der Waals surface area contributed by atoms with Gasteiger partial charge in [-0.15, -0.1) is 0 Å². The van der Waals surface area contributed by atoms with Gasteiger partial charge in [0.05, 0.1) is 0 Å². The molecule has 1 unspecified atom stereocenters. The highest BCUT2D eigenvalue weighted by atomic mass is 15.0. The molecule has 0 aromatic heterocycles. The number of benzene rings is 1. The second-order valence-electron chi connectivity index (χ2n) is 6.76.